The summed E-state index contributed by atoms with van der Waals surface area (Å²) in [5.41, 5.74) is -0.0760. The highest BCUT2D eigenvalue weighted by Gasteiger charge is 2.25. The molecule has 2 aromatic carbocycles. The highest BCUT2D eigenvalue weighted by molar-refractivity contribution is 7.54. The monoisotopic (exact) mass is 465 g/mol. The lowest BCUT2D eigenvalue weighted by Crippen LogP contribution is -2.03. The maximum atomic E-state index is 12.6. The largest absolute Gasteiger partial charge is 0.508 e. The Morgan fingerprint density at radius 1 is 0.969 bits per heavy atom. The molecule has 172 valence electrons. The van der Waals surface area contributed by atoms with Crippen LogP contribution in [0.5, 0.6) is 11.5 Å². The zero-order valence-electron chi connectivity index (χ0n) is 17.5. The van der Waals surface area contributed by atoms with E-state index in [2.05, 4.69) is 6.07 Å². The predicted molar refractivity (Wildman–Crippen MR) is 117 cm³/mol. The molecule has 12 heteroatoms. The quantitative estimate of drug-likeness (QED) is 0.193. The number of nitro groups is 2. The van der Waals surface area contributed by atoms with Gasteiger partial charge < -0.3 is 14.2 Å². The number of nitro benzene ring substituents is 2. The van der Waals surface area contributed by atoms with Gasteiger partial charge in [0.2, 0.25) is 0 Å². The van der Waals surface area contributed by atoms with E-state index in [1.165, 1.54) is 48.5 Å². The minimum absolute atomic E-state index is 0.0159. The Morgan fingerprint density at radius 2 is 1.50 bits per heavy atom. The number of nitriles is 1. The Bertz CT molecular complexity index is 958. The van der Waals surface area contributed by atoms with E-state index in [4.69, 9.17) is 19.4 Å². The van der Waals surface area contributed by atoms with E-state index in [1.54, 1.807) is 6.92 Å². The molecule has 0 spiro atoms. The van der Waals surface area contributed by atoms with Gasteiger partial charge in [-0.2, -0.15) is 5.26 Å². The Hall–Kier alpha value is -3.48. The van der Waals surface area contributed by atoms with Crippen molar-refractivity contribution in [1.29, 1.82) is 5.26 Å². The van der Waals surface area contributed by atoms with Crippen molar-refractivity contribution in [1.82, 2.24) is 0 Å². The third-order valence-corrected chi connectivity index (χ3v) is 5.90. The second-order valence-corrected chi connectivity index (χ2v) is 8.45. The average molecular weight is 465 g/mol. The number of nitrogens with zero attached hydrogens (tertiary/aromatic N) is 3. The van der Waals surface area contributed by atoms with Crippen molar-refractivity contribution in [2.75, 3.05) is 12.8 Å². The van der Waals surface area contributed by atoms with E-state index in [9.17, 15) is 24.8 Å². The van der Waals surface area contributed by atoms with Crippen LogP contribution in [0.15, 0.2) is 48.5 Å². The maximum Gasteiger partial charge on any atom is 0.379 e. The summed E-state index contributed by atoms with van der Waals surface area (Å²) in [4.78, 5) is 19.6. The van der Waals surface area contributed by atoms with Gasteiger partial charge in [0.1, 0.15) is 11.5 Å². The Balaban J connectivity index is 0.000000425. The molecular formula is C20H24N3O8P. The van der Waals surface area contributed by atoms with Crippen LogP contribution < -0.4 is 4.52 Å². The summed E-state index contributed by atoms with van der Waals surface area (Å²) in [6.07, 6.45) is 2.88. The van der Waals surface area contributed by atoms with Crippen molar-refractivity contribution in [3.8, 4) is 17.6 Å². The Morgan fingerprint density at radius 3 is 1.97 bits per heavy atom. The minimum atomic E-state index is -3.28. The van der Waals surface area contributed by atoms with Crippen molar-refractivity contribution in [3.05, 3.63) is 68.8 Å². The van der Waals surface area contributed by atoms with Crippen LogP contribution in [0, 0.1) is 31.6 Å². The maximum absolute atomic E-state index is 12.6. The Labute approximate surface area is 185 Å². The van der Waals surface area contributed by atoms with Crippen LogP contribution in [0.25, 0.3) is 0 Å². The molecule has 0 saturated heterocycles. The predicted octanol–water partition coefficient (Wildman–Crippen LogP) is 5.59. The first-order valence-corrected chi connectivity index (χ1v) is 11.4. The highest BCUT2D eigenvalue weighted by atomic mass is 31.2. The van der Waals surface area contributed by atoms with Crippen LogP contribution in [0.4, 0.5) is 11.4 Å². The second-order valence-electron chi connectivity index (χ2n) is 6.34. The molecule has 1 N–H and O–H groups in total. The number of phenolic OH excluding ortho intramolecular Hbond substituents is 1. The van der Waals surface area contributed by atoms with E-state index in [1.807, 2.05) is 0 Å². The molecule has 0 fully saturated rings. The summed E-state index contributed by atoms with van der Waals surface area (Å²) in [5.74, 6) is 0.310. The molecule has 1 atom stereocenters. The third kappa shape index (κ3) is 10.0. The molecule has 11 nitrogen and oxygen atoms in total. The number of benzene rings is 2. The number of non-ortho nitro benzene ring substituents is 2. The highest BCUT2D eigenvalue weighted by Crippen LogP contribution is 2.49. The molecule has 2 rings (SSSR count). The molecule has 0 aromatic heterocycles. The number of rotatable bonds is 11. The lowest BCUT2D eigenvalue weighted by atomic mass is 10.2. The summed E-state index contributed by atoms with van der Waals surface area (Å²) < 4.78 is 23.3. The van der Waals surface area contributed by atoms with E-state index in [0.717, 1.165) is 12.8 Å². The summed E-state index contributed by atoms with van der Waals surface area (Å²) in [6.45, 7) is 1.98. The summed E-state index contributed by atoms with van der Waals surface area (Å²) in [6, 6.07) is 12.5. The van der Waals surface area contributed by atoms with Crippen LogP contribution in [0.1, 0.15) is 32.6 Å². The number of hydrogen-bond acceptors (Lipinski definition) is 9. The van der Waals surface area contributed by atoms with E-state index < -0.39 is 17.4 Å². The van der Waals surface area contributed by atoms with Gasteiger partial charge in [0.05, 0.1) is 28.7 Å². The third-order valence-electron chi connectivity index (χ3n) is 3.90. The van der Waals surface area contributed by atoms with E-state index in [0.29, 0.717) is 12.8 Å². The van der Waals surface area contributed by atoms with Crippen LogP contribution in [-0.2, 0) is 9.09 Å². The molecule has 0 amide bonds. The fourth-order valence-electron chi connectivity index (χ4n) is 2.38. The average Bonchev–Trinajstić information content (AvgIpc) is 2.75. The van der Waals surface area contributed by atoms with Crippen LogP contribution >= 0.6 is 7.60 Å². The van der Waals surface area contributed by atoms with Gasteiger partial charge in [-0.1, -0.05) is 6.42 Å². The zero-order valence-corrected chi connectivity index (χ0v) is 18.3. The minimum Gasteiger partial charge on any atom is -0.508 e. The zero-order chi connectivity index (χ0) is 24.0. The second kappa shape index (κ2) is 13.7. The number of hydrogen-bond donors (Lipinski definition) is 1. The van der Waals surface area contributed by atoms with Gasteiger partial charge in [-0.3, -0.25) is 20.2 Å². The first-order valence-electron chi connectivity index (χ1n) is 9.68. The molecule has 0 heterocycles. The lowest BCUT2D eigenvalue weighted by molar-refractivity contribution is -0.385. The molecule has 0 aliphatic heterocycles. The van der Waals surface area contributed by atoms with Crippen molar-refractivity contribution in [3.63, 3.8) is 0 Å². The standard InChI is InChI=1S/C14H19N2O5P.C6H5NO3/c1-2-20-22(19,12-6-4-3-5-11-15)21-14-9-7-13(8-10-14)16(17)18;8-6-3-1-5(2-4-6)7(9)10/h7-10H,2-6,12H2,1H3;1-4,8H. The number of phenols is 1. The topological polar surface area (TPSA) is 166 Å². The molecule has 0 aliphatic carbocycles. The molecule has 1 unspecified atom stereocenters. The van der Waals surface area contributed by atoms with Crippen molar-refractivity contribution < 1.29 is 28.6 Å². The van der Waals surface area contributed by atoms with Crippen molar-refractivity contribution in [2.45, 2.75) is 32.6 Å². The number of unbranched alkanes of at least 4 members (excludes halogenated alkanes) is 3. The number of aromatic hydroxyl groups is 1. The van der Waals surface area contributed by atoms with Gasteiger partial charge in [0.25, 0.3) is 11.4 Å². The molecule has 0 bridgehead atoms. The van der Waals surface area contributed by atoms with Gasteiger partial charge in [0.15, 0.2) is 0 Å². The van der Waals surface area contributed by atoms with Gasteiger partial charge in [-0.25, -0.2) is 4.57 Å². The molecule has 0 radical (unpaired) electrons. The first kappa shape index (κ1) is 26.6. The van der Waals surface area contributed by atoms with Gasteiger partial charge >= 0.3 is 7.60 Å². The van der Waals surface area contributed by atoms with E-state index in [-0.39, 0.29) is 35.6 Å². The molecule has 2 aromatic rings. The smallest absolute Gasteiger partial charge is 0.379 e. The summed E-state index contributed by atoms with van der Waals surface area (Å²) >= 11 is 0. The Kier molecular flexibility index (Phi) is 11.4. The first-order chi connectivity index (χ1) is 15.2. The van der Waals surface area contributed by atoms with Crippen LogP contribution in [0.3, 0.4) is 0 Å². The van der Waals surface area contributed by atoms with Crippen molar-refractivity contribution in [2.24, 2.45) is 0 Å². The van der Waals surface area contributed by atoms with Gasteiger partial charge in [0, 0.05) is 30.7 Å². The molecule has 0 aliphatic rings. The fraction of sp³-hybridized carbons (Fsp3) is 0.350. The van der Waals surface area contributed by atoms with Crippen LogP contribution in [0.2, 0.25) is 0 Å². The lowest BCUT2D eigenvalue weighted by Gasteiger charge is -2.18. The summed E-state index contributed by atoms with van der Waals surface area (Å²) in [7, 11) is -3.28. The van der Waals surface area contributed by atoms with Gasteiger partial charge in [-0.15, -0.1) is 0 Å². The molecular weight excluding hydrogens is 441 g/mol. The van der Waals surface area contributed by atoms with Crippen molar-refractivity contribution >= 4 is 19.0 Å². The van der Waals surface area contributed by atoms with Crippen LogP contribution in [-0.4, -0.2) is 27.7 Å². The van der Waals surface area contributed by atoms with Gasteiger partial charge in [-0.05, 0) is 44.0 Å². The SMILES string of the molecule is CCOP(=O)(CCCCCC#N)Oc1ccc([N+](=O)[O-])cc1.O=[N+]([O-])c1ccc(O)cc1. The normalized spacial score (nSPS) is 11.9. The molecule has 32 heavy (non-hydrogen) atoms. The molecule has 0 saturated carbocycles. The van der Waals surface area contributed by atoms with E-state index >= 15 is 0 Å². The fourth-order valence-corrected chi connectivity index (χ4v) is 4.10. The summed E-state index contributed by atoms with van der Waals surface area (Å²) in [5, 5.41) is 37.8.